The molecule has 140 valence electrons. The Balaban J connectivity index is 1.61. The number of aromatic nitrogens is 2. The lowest BCUT2D eigenvalue weighted by Gasteiger charge is -2.07. The Labute approximate surface area is 155 Å². The second-order valence-electron chi connectivity index (χ2n) is 5.93. The zero-order chi connectivity index (χ0) is 19.8. The van der Waals surface area contributed by atoms with Crippen molar-refractivity contribution in [3.63, 3.8) is 0 Å². The molecule has 0 spiro atoms. The smallest absolute Gasteiger partial charge is 0.306 e. The molecule has 0 bridgehead atoms. The minimum Gasteiger partial charge on any atom is -0.448 e. The number of amides is 1. The van der Waals surface area contributed by atoms with Crippen LogP contribution in [-0.4, -0.2) is 20.4 Å². The lowest BCUT2D eigenvalue weighted by atomic mass is 10.2. The predicted octanol–water partition coefficient (Wildman–Crippen LogP) is 2.83. The summed E-state index contributed by atoms with van der Waals surface area (Å²) in [6, 6.07) is 9.99. The number of hydrogen-bond donors (Lipinski definition) is 1. The standard InChI is InChI=1S/C18H11FN4O5/c19-12-6-5-10(7-13(12)23(26)27)21-15(24)8-22-9-20-16-11-3-1-2-4-14(11)28-17(16)18(22)25/h1-7,9H,8H2,(H,21,24). The summed E-state index contributed by atoms with van der Waals surface area (Å²) in [6.07, 6.45) is 1.22. The van der Waals surface area contributed by atoms with Crippen LogP contribution >= 0.6 is 0 Å². The number of nitrogens with one attached hydrogen (secondary N) is 1. The van der Waals surface area contributed by atoms with Crippen molar-refractivity contribution in [2.24, 2.45) is 0 Å². The molecule has 0 aliphatic heterocycles. The molecule has 2 aromatic heterocycles. The minimum absolute atomic E-state index is 0.0221. The summed E-state index contributed by atoms with van der Waals surface area (Å²) in [4.78, 5) is 38.9. The van der Waals surface area contributed by atoms with E-state index in [1.807, 2.05) is 0 Å². The maximum Gasteiger partial charge on any atom is 0.306 e. The highest BCUT2D eigenvalue weighted by atomic mass is 19.1. The van der Waals surface area contributed by atoms with Gasteiger partial charge in [0.2, 0.25) is 17.3 Å². The van der Waals surface area contributed by atoms with Crippen molar-refractivity contribution < 1.29 is 18.5 Å². The van der Waals surface area contributed by atoms with E-state index in [2.05, 4.69) is 10.3 Å². The van der Waals surface area contributed by atoms with Gasteiger partial charge in [0.25, 0.3) is 5.56 Å². The Morgan fingerprint density at radius 2 is 2.07 bits per heavy atom. The van der Waals surface area contributed by atoms with Crippen LogP contribution in [0.15, 0.2) is 58.0 Å². The molecule has 1 amide bonds. The quantitative estimate of drug-likeness (QED) is 0.428. The van der Waals surface area contributed by atoms with E-state index >= 15 is 0 Å². The number of para-hydroxylation sites is 1. The molecule has 9 nitrogen and oxygen atoms in total. The molecule has 2 heterocycles. The number of carbonyl (C=O) groups is 1. The maximum absolute atomic E-state index is 13.4. The van der Waals surface area contributed by atoms with Crippen LogP contribution < -0.4 is 10.9 Å². The maximum atomic E-state index is 13.4. The van der Waals surface area contributed by atoms with E-state index in [0.717, 1.165) is 16.7 Å². The minimum atomic E-state index is -1.02. The Morgan fingerprint density at radius 1 is 1.29 bits per heavy atom. The third-order valence-corrected chi connectivity index (χ3v) is 4.09. The largest absolute Gasteiger partial charge is 0.448 e. The van der Waals surface area contributed by atoms with Crippen LogP contribution in [-0.2, 0) is 11.3 Å². The zero-order valence-electron chi connectivity index (χ0n) is 14.1. The Hall–Kier alpha value is -4.08. The predicted molar refractivity (Wildman–Crippen MR) is 97.5 cm³/mol. The van der Waals surface area contributed by atoms with E-state index in [9.17, 15) is 24.1 Å². The summed E-state index contributed by atoms with van der Waals surface area (Å²) in [5.74, 6) is -1.65. The van der Waals surface area contributed by atoms with Gasteiger partial charge in [-0.1, -0.05) is 12.1 Å². The van der Waals surface area contributed by atoms with E-state index in [0.29, 0.717) is 16.5 Å². The summed E-state index contributed by atoms with van der Waals surface area (Å²) in [5.41, 5.74) is -0.353. The van der Waals surface area contributed by atoms with Crippen LogP contribution in [0.4, 0.5) is 15.8 Å². The Bertz CT molecular complexity index is 1310. The SMILES string of the molecule is O=C(Cn1cnc2c(oc3ccccc32)c1=O)Nc1ccc(F)c([N+](=O)[O-])c1. The molecular formula is C18H11FN4O5. The molecule has 0 fully saturated rings. The molecular weight excluding hydrogens is 371 g/mol. The van der Waals surface area contributed by atoms with Gasteiger partial charge >= 0.3 is 5.69 Å². The molecule has 0 saturated heterocycles. The van der Waals surface area contributed by atoms with Gasteiger partial charge in [-0.05, 0) is 24.3 Å². The fourth-order valence-corrected chi connectivity index (χ4v) is 2.81. The van der Waals surface area contributed by atoms with Crippen LogP contribution in [0.5, 0.6) is 0 Å². The number of furan rings is 1. The Morgan fingerprint density at radius 3 is 2.86 bits per heavy atom. The molecule has 4 aromatic rings. The molecule has 0 unspecified atom stereocenters. The average molecular weight is 382 g/mol. The van der Waals surface area contributed by atoms with Gasteiger partial charge in [-0.2, -0.15) is 4.39 Å². The summed E-state index contributed by atoms with van der Waals surface area (Å²) >= 11 is 0. The fraction of sp³-hybridized carbons (Fsp3) is 0.0556. The molecule has 0 atom stereocenters. The lowest BCUT2D eigenvalue weighted by molar-refractivity contribution is -0.387. The third-order valence-electron chi connectivity index (χ3n) is 4.09. The number of halogens is 1. The van der Waals surface area contributed by atoms with Crippen LogP contribution in [0, 0.1) is 15.9 Å². The molecule has 0 radical (unpaired) electrons. The summed E-state index contributed by atoms with van der Waals surface area (Å²) in [6.45, 7) is -0.399. The molecule has 0 saturated carbocycles. The van der Waals surface area contributed by atoms with Crippen molar-refractivity contribution >= 4 is 39.4 Å². The molecule has 28 heavy (non-hydrogen) atoms. The van der Waals surface area contributed by atoms with Crippen LogP contribution in [0.2, 0.25) is 0 Å². The molecule has 0 aliphatic rings. The van der Waals surface area contributed by atoms with E-state index in [1.165, 1.54) is 12.4 Å². The van der Waals surface area contributed by atoms with Crippen molar-refractivity contribution in [2.45, 2.75) is 6.54 Å². The first-order valence-electron chi connectivity index (χ1n) is 8.04. The fourth-order valence-electron chi connectivity index (χ4n) is 2.81. The number of carbonyl (C=O) groups excluding carboxylic acids is 1. The summed E-state index contributed by atoms with van der Waals surface area (Å²) in [5, 5.41) is 13.9. The van der Waals surface area contributed by atoms with Gasteiger partial charge in [0, 0.05) is 17.1 Å². The summed E-state index contributed by atoms with van der Waals surface area (Å²) in [7, 11) is 0. The number of anilines is 1. The molecule has 0 aliphatic carbocycles. The van der Waals surface area contributed by atoms with Gasteiger partial charge in [0.15, 0.2) is 0 Å². The van der Waals surface area contributed by atoms with Crippen molar-refractivity contribution in [2.75, 3.05) is 5.32 Å². The van der Waals surface area contributed by atoms with Crippen LogP contribution in [0.1, 0.15) is 0 Å². The van der Waals surface area contributed by atoms with Crippen molar-refractivity contribution in [3.05, 3.63) is 75.1 Å². The van der Waals surface area contributed by atoms with Gasteiger partial charge in [-0.15, -0.1) is 0 Å². The van der Waals surface area contributed by atoms with Gasteiger partial charge < -0.3 is 9.73 Å². The molecule has 1 N–H and O–H groups in total. The number of nitro benzene ring substituents is 1. The highest BCUT2D eigenvalue weighted by Crippen LogP contribution is 2.24. The number of nitrogens with zero attached hydrogens (tertiary/aromatic N) is 3. The van der Waals surface area contributed by atoms with Gasteiger partial charge in [0.05, 0.1) is 11.3 Å². The number of rotatable bonds is 4. The first kappa shape index (κ1) is 17.3. The van der Waals surface area contributed by atoms with Gasteiger partial charge in [0.1, 0.15) is 17.6 Å². The highest BCUT2D eigenvalue weighted by Gasteiger charge is 2.17. The third kappa shape index (κ3) is 2.96. The number of nitro groups is 1. The van der Waals surface area contributed by atoms with Crippen molar-refractivity contribution in [1.29, 1.82) is 0 Å². The molecule has 10 heteroatoms. The topological polar surface area (TPSA) is 120 Å². The van der Waals surface area contributed by atoms with Crippen molar-refractivity contribution in [1.82, 2.24) is 9.55 Å². The first-order chi connectivity index (χ1) is 13.4. The second-order valence-corrected chi connectivity index (χ2v) is 5.93. The second kappa shape index (κ2) is 6.58. The monoisotopic (exact) mass is 382 g/mol. The molecule has 2 aromatic carbocycles. The van der Waals surface area contributed by atoms with E-state index in [-0.39, 0.29) is 11.3 Å². The normalized spacial score (nSPS) is 11.0. The summed E-state index contributed by atoms with van der Waals surface area (Å²) < 4.78 is 20.0. The van der Waals surface area contributed by atoms with Crippen LogP contribution in [0.25, 0.3) is 22.1 Å². The molecule has 4 rings (SSSR count). The van der Waals surface area contributed by atoms with Crippen molar-refractivity contribution in [3.8, 4) is 0 Å². The van der Waals surface area contributed by atoms with E-state index in [1.54, 1.807) is 24.3 Å². The first-order valence-corrected chi connectivity index (χ1v) is 8.04. The average Bonchev–Trinajstić information content (AvgIpc) is 3.05. The number of hydrogen-bond acceptors (Lipinski definition) is 6. The zero-order valence-corrected chi connectivity index (χ0v) is 14.1. The van der Waals surface area contributed by atoms with Gasteiger partial charge in [-0.25, -0.2) is 4.98 Å². The Kier molecular flexibility index (Phi) is 4.07. The van der Waals surface area contributed by atoms with E-state index in [4.69, 9.17) is 4.42 Å². The van der Waals surface area contributed by atoms with E-state index < -0.39 is 34.4 Å². The number of benzene rings is 2. The highest BCUT2D eigenvalue weighted by molar-refractivity contribution is 6.01. The van der Waals surface area contributed by atoms with Gasteiger partial charge in [-0.3, -0.25) is 24.3 Å². The lowest BCUT2D eigenvalue weighted by Crippen LogP contribution is -2.27. The number of fused-ring (bicyclic) bond motifs is 3. The van der Waals surface area contributed by atoms with Crippen LogP contribution in [0.3, 0.4) is 0 Å².